The maximum absolute atomic E-state index is 4.71. The number of aryl methyl sites for hydroxylation is 3. The molecule has 0 bridgehead atoms. The van der Waals surface area contributed by atoms with Crippen molar-refractivity contribution in [1.82, 2.24) is 9.97 Å². The van der Waals surface area contributed by atoms with Crippen LogP contribution in [0.1, 0.15) is 55.8 Å². The molecule has 0 atom stereocenters. The molecule has 4 nitrogen and oxygen atoms in total. The van der Waals surface area contributed by atoms with Crippen molar-refractivity contribution in [2.45, 2.75) is 65.3 Å². The summed E-state index contributed by atoms with van der Waals surface area (Å²) in [5, 5.41) is 7.05. The van der Waals surface area contributed by atoms with Gasteiger partial charge in [-0.2, -0.15) is 4.98 Å². The summed E-state index contributed by atoms with van der Waals surface area (Å²) in [5.74, 6) is 1.61. The first-order valence-corrected chi connectivity index (χ1v) is 9.13. The molecule has 0 amide bonds. The van der Waals surface area contributed by atoms with Crippen molar-refractivity contribution in [2.75, 3.05) is 10.6 Å². The van der Waals surface area contributed by atoms with Crippen molar-refractivity contribution in [3.05, 3.63) is 41.1 Å². The zero-order valence-electron chi connectivity index (χ0n) is 15.0. The first kappa shape index (κ1) is 16.7. The number of benzene rings is 1. The van der Waals surface area contributed by atoms with E-state index in [9.17, 15) is 0 Å². The summed E-state index contributed by atoms with van der Waals surface area (Å²) in [6.07, 6.45) is 7.40. The number of hydrogen-bond acceptors (Lipinski definition) is 4. The molecule has 1 aliphatic carbocycles. The van der Waals surface area contributed by atoms with E-state index < -0.39 is 0 Å². The average Bonchev–Trinajstić information content (AvgIpc) is 2.57. The van der Waals surface area contributed by atoms with Crippen LogP contribution < -0.4 is 10.6 Å². The monoisotopic (exact) mass is 324 g/mol. The molecule has 1 heterocycles. The summed E-state index contributed by atoms with van der Waals surface area (Å²) in [5.41, 5.74) is 4.71. The van der Waals surface area contributed by atoms with Crippen LogP contribution in [0, 0.1) is 13.8 Å². The molecule has 1 aromatic heterocycles. The van der Waals surface area contributed by atoms with Gasteiger partial charge in [0.15, 0.2) is 0 Å². The predicted octanol–water partition coefficient (Wildman–Crippen LogP) is 5.14. The van der Waals surface area contributed by atoms with Gasteiger partial charge < -0.3 is 10.6 Å². The molecule has 2 N–H and O–H groups in total. The fraction of sp³-hybridized carbons (Fsp3) is 0.500. The molecule has 1 aromatic carbocycles. The molecule has 0 unspecified atom stereocenters. The fourth-order valence-corrected chi connectivity index (χ4v) is 3.46. The third-order valence-electron chi connectivity index (χ3n) is 4.79. The Hall–Kier alpha value is -2.10. The molecule has 0 aliphatic heterocycles. The Kier molecular flexibility index (Phi) is 5.34. The molecular weight excluding hydrogens is 296 g/mol. The van der Waals surface area contributed by atoms with E-state index in [4.69, 9.17) is 4.98 Å². The van der Waals surface area contributed by atoms with Gasteiger partial charge in [0.2, 0.25) is 5.95 Å². The highest BCUT2D eigenvalue weighted by atomic mass is 15.2. The quantitative estimate of drug-likeness (QED) is 0.799. The molecule has 24 heavy (non-hydrogen) atoms. The highest BCUT2D eigenvalue weighted by Gasteiger charge is 2.15. The molecule has 1 saturated carbocycles. The van der Waals surface area contributed by atoms with E-state index in [-0.39, 0.29) is 0 Å². The van der Waals surface area contributed by atoms with Gasteiger partial charge in [-0.25, -0.2) is 4.98 Å². The summed E-state index contributed by atoms with van der Waals surface area (Å²) < 4.78 is 0. The Morgan fingerprint density at radius 1 is 1.08 bits per heavy atom. The molecule has 0 saturated heterocycles. The maximum atomic E-state index is 4.71. The predicted molar refractivity (Wildman–Crippen MR) is 101 cm³/mol. The molecule has 0 spiro atoms. The van der Waals surface area contributed by atoms with Crippen molar-refractivity contribution < 1.29 is 0 Å². The molecule has 4 heteroatoms. The summed E-state index contributed by atoms with van der Waals surface area (Å²) in [7, 11) is 0. The van der Waals surface area contributed by atoms with Crippen LogP contribution in [0.5, 0.6) is 0 Å². The number of aromatic nitrogens is 2. The summed E-state index contributed by atoms with van der Waals surface area (Å²) >= 11 is 0. The van der Waals surface area contributed by atoms with Gasteiger partial charge in [-0.15, -0.1) is 0 Å². The third-order valence-corrected chi connectivity index (χ3v) is 4.79. The lowest BCUT2D eigenvalue weighted by Crippen LogP contribution is -2.23. The van der Waals surface area contributed by atoms with Crippen LogP contribution in [0.2, 0.25) is 0 Å². The van der Waals surface area contributed by atoms with Crippen LogP contribution in [0.25, 0.3) is 0 Å². The standard InChI is InChI=1S/C20H28N4/c1-4-16-10-8-9-14(2)19(16)23-18-13-15(3)21-20(24-18)22-17-11-6-5-7-12-17/h8-10,13,17H,4-7,11-12H2,1-3H3,(H2,21,22,23,24). The minimum atomic E-state index is 0.512. The van der Waals surface area contributed by atoms with Gasteiger partial charge in [-0.3, -0.25) is 0 Å². The Labute approximate surface area is 145 Å². The van der Waals surface area contributed by atoms with Crippen LogP contribution in [0.15, 0.2) is 24.3 Å². The molecule has 2 aromatic rings. The SMILES string of the molecule is CCc1cccc(C)c1Nc1cc(C)nc(NC2CCCCC2)n1. The fourth-order valence-electron chi connectivity index (χ4n) is 3.46. The Morgan fingerprint density at radius 2 is 1.88 bits per heavy atom. The first-order chi connectivity index (χ1) is 11.7. The van der Waals surface area contributed by atoms with Crippen LogP contribution in [0.4, 0.5) is 17.5 Å². The van der Waals surface area contributed by atoms with Crippen LogP contribution in [-0.2, 0) is 6.42 Å². The molecule has 3 rings (SSSR count). The van der Waals surface area contributed by atoms with E-state index in [0.29, 0.717) is 6.04 Å². The zero-order chi connectivity index (χ0) is 16.9. The van der Waals surface area contributed by atoms with E-state index in [2.05, 4.69) is 47.7 Å². The van der Waals surface area contributed by atoms with E-state index >= 15 is 0 Å². The molecule has 128 valence electrons. The Balaban J connectivity index is 1.81. The summed E-state index contributed by atoms with van der Waals surface area (Å²) in [4.78, 5) is 9.28. The van der Waals surface area contributed by atoms with Gasteiger partial charge in [0.05, 0.1) is 0 Å². The van der Waals surface area contributed by atoms with Crippen LogP contribution in [-0.4, -0.2) is 16.0 Å². The lowest BCUT2D eigenvalue weighted by molar-refractivity contribution is 0.461. The van der Waals surface area contributed by atoms with Crippen molar-refractivity contribution in [1.29, 1.82) is 0 Å². The molecule has 0 radical (unpaired) electrons. The van der Waals surface area contributed by atoms with Crippen LogP contribution >= 0.6 is 0 Å². The van der Waals surface area contributed by atoms with Crippen molar-refractivity contribution in [2.24, 2.45) is 0 Å². The third kappa shape index (κ3) is 4.05. The van der Waals surface area contributed by atoms with E-state index in [0.717, 1.165) is 23.9 Å². The average molecular weight is 324 g/mol. The smallest absolute Gasteiger partial charge is 0.225 e. The zero-order valence-corrected chi connectivity index (χ0v) is 15.0. The number of hydrogen-bond donors (Lipinski definition) is 2. The number of para-hydroxylation sites is 1. The van der Waals surface area contributed by atoms with Gasteiger partial charge in [0.1, 0.15) is 5.82 Å². The minimum absolute atomic E-state index is 0.512. The van der Waals surface area contributed by atoms with Gasteiger partial charge >= 0.3 is 0 Å². The molecule has 1 aliphatic rings. The maximum Gasteiger partial charge on any atom is 0.225 e. The van der Waals surface area contributed by atoms with Gasteiger partial charge in [0, 0.05) is 23.5 Å². The molecular formula is C20H28N4. The van der Waals surface area contributed by atoms with Crippen molar-refractivity contribution in [3.8, 4) is 0 Å². The van der Waals surface area contributed by atoms with E-state index in [1.54, 1.807) is 0 Å². The topological polar surface area (TPSA) is 49.8 Å². The summed E-state index contributed by atoms with van der Waals surface area (Å²) in [6.45, 7) is 6.34. The number of nitrogens with one attached hydrogen (secondary N) is 2. The van der Waals surface area contributed by atoms with E-state index in [1.165, 1.54) is 48.9 Å². The minimum Gasteiger partial charge on any atom is -0.351 e. The molecule has 1 fully saturated rings. The number of anilines is 3. The second-order valence-electron chi connectivity index (χ2n) is 6.79. The Morgan fingerprint density at radius 3 is 2.62 bits per heavy atom. The van der Waals surface area contributed by atoms with E-state index in [1.807, 2.05) is 13.0 Å². The van der Waals surface area contributed by atoms with Crippen LogP contribution in [0.3, 0.4) is 0 Å². The number of rotatable bonds is 5. The second kappa shape index (κ2) is 7.65. The number of nitrogens with zero attached hydrogens (tertiary/aromatic N) is 2. The van der Waals surface area contributed by atoms with Gasteiger partial charge in [0.25, 0.3) is 0 Å². The summed E-state index contributed by atoms with van der Waals surface area (Å²) in [6, 6.07) is 8.94. The first-order valence-electron chi connectivity index (χ1n) is 9.13. The normalized spacial score (nSPS) is 15.3. The largest absolute Gasteiger partial charge is 0.351 e. The van der Waals surface area contributed by atoms with Gasteiger partial charge in [-0.05, 0) is 44.2 Å². The lowest BCUT2D eigenvalue weighted by Gasteiger charge is -2.23. The van der Waals surface area contributed by atoms with Crippen molar-refractivity contribution >= 4 is 17.5 Å². The lowest BCUT2D eigenvalue weighted by atomic mass is 9.96. The van der Waals surface area contributed by atoms with Gasteiger partial charge in [-0.1, -0.05) is 44.4 Å². The Bertz CT molecular complexity index is 690. The van der Waals surface area contributed by atoms with Crippen molar-refractivity contribution in [3.63, 3.8) is 0 Å². The highest BCUT2D eigenvalue weighted by molar-refractivity contribution is 5.65. The second-order valence-corrected chi connectivity index (χ2v) is 6.79. The highest BCUT2D eigenvalue weighted by Crippen LogP contribution is 2.26.